The maximum Gasteiger partial charge on any atom is 0.128 e. The summed E-state index contributed by atoms with van der Waals surface area (Å²) in [7, 11) is 0. The van der Waals surface area contributed by atoms with Crippen molar-refractivity contribution in [2.24, 2.45) is 5.92 Å². The van der Waals surface area contributed by atoms with Gasteiger partial charge in [-0.1, -0.05) is 12.8 Å². The van der Waals surface area contributed by atoms with E-state index < -0.39 is 0 Å². The summed E-state index contributed by atoms with van der Waals surface area (Å²) < 4.78 is 15.5. The zero-order chi connectivity index (χ0) is 13.9. The van der Waals surface area contributed by atoms with Crippen LogP contribution in [0.1, 0.15) is 37.3 Å². The van der Waals surface area contributed by atoms with Gasteiger partial charge in [0.25, 0.3) is 0 Å². The molecule has 0 spiro atoms. The van der Waals surface area contributed by atoms with Crippen LogP contribution in [0.15, 0.2) is 18.2 Å². The Morgan fingerprint density at radius 1 is 1.19 bits per heavy atom. The lowest BCUT2D eigenvalue weighted by Gasteiger charge is -2.38. The van der Waals surface area contributed by atoms with Crippen molar-refractivity contribution in [3.8, 4) is 0 Å². The van der Waals surface area contributed by atoms with Gasteiger partial charge in [0.1, 0.15) is 5.82 Å². The standard InChI is InChI=1S/C16H22FIN2.ClH/c17-15-6-5-13(18)11-14(15)16(12-3-1-2-4-12)20-9-7-19-8-10-20;/h5-6,11-12,16,19H,1-4,7-10H2;1H/t16-;/m1./s1. The van der Waals surface area contributed by atoms with E-state index in [4.69, 9.17) is 0 Å². The predicted molar refractivity (Wildman–Crippen MR) is 95.5 cm³/mol. The topological polar surface area (TPSA) is 15.3 Å². The molecule has 1 aliphatic carbocycles. The van der Waals surface area contributed by atoms with Crippen molar-refractivity contribution in [1.29, 1.82) is 0 Å². The summed E-state index contributed by atoms with van der Waals surface area (Å²) in [6, 6.07) is 5.83. The largest absolute Gasteiger partial charge is 0.314 e. The van der Waals surface area contributed by atoms with Crippen LogP contribution in [0.2, 0.25) is 0 Å². The van der Waals surface area contributed by atoms with E-state index in [1.54, 1.807) is 6.07 Å². The number of piperazine rings is 1. The summed E-state index contributed by atoms with van der Waals surface area (Å²) in [6.07, 6.45) is 5.11. The van der Waals surface area contributed by atoms with Crippen LogP contribution in [0, 0.1) is 15.3 Å². The first-order chi connectivity index (χ1) is 9.75. The van der Waals surface area contributed by atoms with E-state index in [2.05, 4.69) is 38.9 Å². The molecule has 1 heterocycles. The Kier molecular flexibility index (Phi) is 6.72. The van der Waals surface area contributed by atoms with Crippen LogP contribution >= 0.6 is 35.0 Å². The van der Waals surface area contributed by atoms with Crippen molar-refractivity contribution in [1.82, 2.24) is 10.2 Å². The van der Waals surface area contributed by atoms with Crippen LogP contribution in [0.4, 0.5) is 4.39 Å². The van der Waals surface area contributed by atoms with Gasteiger partial charge in [-0.3, -0.25) is 4.90 Å². The zero-order valence-electron chi connectivity index (χ0n) is 12.2. The molecule has 1 aromatic rings. The first-order valence-corrected chi connectivity index (χ1v) is 8.73. The molecule has 0 bridgehead atoms. The Bertz CT molecular complexity index is 460. The fourth-order valence-corrected chi connectivity index (χ4v) is 4.24. The van der Waals surface area contributed by atoms with Gasteiger partial charge in [-0.2, -0.15) is 0 Å². The van der Waals surface area contributed by atoms with Gasteiger partial charge in [0.15, 0.2) is 0 Å². The summed E-state index contributed by atoms with van der Waals surface area (Å²) in [4.78, 5) is 2.50. The van der Waals surface area contributed by atoms with Gasteiger partial charge in [-0.15, -0.1) is 12.4 Å². The minimum absolute atomic E-state index is 0. The third-order valence-corrected chi connectivity index (χ3v) is 5.34. The number of nitrogens with zero attached hydrogens (tertiary/aromatic N) is 1. The number of hydrogen-bond acceptors (Lipinski definition) is 2. The SMILES string of the molecule is Cl.Fc1ccc(I)cc1[C@@H](C1CCCC1)N1CCNCC1. The fraction of sp³-hybridized carbons (Fsp3) is 0.625. The molecule has 2 nitrogen and oxygen atoms in total. The molecule has 118 valence electrons. The molecule has 0 unspecified atom stereocenters. The minimum Gasteiger partial charge on any atom is -0.314 e. The van der Waals surface area contributed by atoms with Crippen LogP contribution in [0.5, 0.6) is 0 Å². The Balaban J connectivity index is 0.00000161. The lowest BCUT2D eigenvalue weighted by molar-refractivity contribution is 0.122. The highest BCUT2D eigenvalue weighted by Crippen LogP contribution is 2.40. The van der Waals surface area contributed by atoms with Crippen LogP contribution in [0.3, 0.4) is 0 Å². The van der Waals surface area contributed by atoms with E-state index in [0.717, 1.165) is 35.3 Å². The normalized spacial score (nSPS) is 22.0. The highest BCUT2D eigenvalue weighted by Gasteiger charge is 2.33. The Labute approximate surface area is 146 Å². The quantitative estimate of drug-likeness (QED) is 0.738. The van der Waals surface area contributed by atoms with Gasteiger partial charge in [-0.25, -0.2) is 4.39 Å². The Morgan fingerprint density at radius 2 is 1.86 bits per heavy atom. The summed E-state index contributed by atoms with van der Waals surface area (Å²) in [5.74, 6) is 0.599. The zero-order valence-corrected chi connectivity index (χ0v) is 15.1. The van der Waals surface area contributed by atoms with Crippen LogP contribution in [0.25, 0.3) is 0 Å². The van der Waals surface area contributed by atoms with E-state index >= 15 is 0 Å². The third kappa shape index (κ3) is 4.09. The molecule has 1 aromatic carbocycles. The van der Waals surface area contributed by atoms with Gasteiger partial charge in [0, 0.05) is 41.4 Å². The molecule has 1 aliphatic heterocycles. The minimum atomic E-state index is -0.0270. The maximum atomic E-state index is 14.4. The molecule has 0 radical (unpaired) electrons. The molecule has 1 saturated heterocycles. The summed E-state index contributed by atoms with van der Waals surface area (Å²) in [5, 5.41) is 3.40. The smallest absolute Gasteiger partial charge is 0.128 e. The summed E-state index contributed by atoms with van der Waals surface area (Å²) >= 11 is 2.29. The van der Waals surface area contributed by atoms with Crippen LogP contribution in [-0.4, -0.2) is 31.1 Å². The number of hydrogen-bond donors (Lipinski definition) is 1. The summed E-state index contributed by atoms with van der Waals surface area (Å²) in [6.45, 7) is 4.11. The second kappa shape index (κ2) is 8.09. The first kappa shape index (κ1) is 17.4. The van der Waals surface area contributed by atoms with E-state index in [9.17, 15) is 4.39 Å². The number of rotatable bonds is 3. The van der Waals surface area contributed by atoms with Crippen molar-refractivity contribution < 1.29 is 4.39 Å². The Morgan fingerprint density at radius 3 is 2.52 bits per heavy atom. The highest BCUT2D eigenvalue weighted by atomic mass is 127. The van der Waals surface area contributed by atoms with Gasteiger partial charge >= 0.3 is 0 Å². The van der Waals surface area contributed by atoms with Gasteiger partial charge < -0.3 is 5.32 Å². The van der Waals surface area contributed by atoms with Crippen molar-refractivity contribution in [3.63, 3.8) is 0 Å². The third-order valence-electron chi connectivity index (χ3n) is 4.67. The lowest BCUT2D eigenvalue weighted by atomic mass is 9.89. The Hall–Kier alpha value is 0.0900. The number of halogens is 3. The van der Waals surface area contributed by atoms with Crippen LogP contribution < -0.4 is 5.32 Å². The van der Waals surface area contributed by atoms with Crippen molar-refractivity contribution in [2.45, 2.75) is 31.7 Å². The van der Waals surface area contributed by atoms with Gasteiger partial charge in [0.2, 0.25) is 0 Å². The molecule has 2 fully saturated rings. The van der Waals surface area contributed by atoms with Gasteiger partial charge in [0.05, 0.1) is 0 Å². The number of benzene rings is 1. The van der Waals surface area contributed by atoms with E-state index in [1.165, 1.54) is 25.7 Å². The lowest BCUT2D eigenvalue weighted by Crippen LogP contribution is -2.47. The van der Waals surface area contributed by atoms with Gasteiger partial charge in [-0.05, 0) is 59.5 Å². The maximum absolute atomic E-state index is 14.4. The molecule has 1 atom stereocenters. The molecule has 3 rings (SSSR count). The van der Waals surface area contributed by atoms with Crippen molar-refractivity contribution in [3.05, 3.63) is 33.1 Å². The second-order valence-corrected chi connectivity index (χ2v) is 7.19. The van der Waals surface area contributed by atoms with Crippen LogP contribution in [-0.2, 0) is 0 Å². The first-order valence-electron chi connectivity index (χ1n) is 7.65. The molecule has 2 aliphatic rings. The van der Waals surface area contributed by atoms with E-state index in [-0.39, 0.29) is 24.3 Å². The van der Waals surface area contributed by atoms with E-state index in [1.807, 2.05) is 6.07 Å². The monoisotopic (exact) mass is 424 g/mol. The molecule has 1 saturated carbocycles. The van der Waals surface area contributed by atoms with Crippen molar-refractivity contribution >= 4 is 35.0 Å². The average Bonchev–Trinajstić information content (AvgIpc) is 2.98. The van der Waals surface area contributed by atoms with E-state index in [0.29, 0.717) is 5.92 Å². The molecular weight excluding hydrogens is 402 g/mol. The predicted octanol–water partition coefficient (Wildman–Crippen LogP) is 3.99. The fourth-order valence-electron chi connectivity index (χ4n) is 3.72. The molecule has 0 amide bonds. The molecule has 21 heavy (non-hydrogen) atoms. The molecular formula is C16H23ClFIN2. The molecule has 1 N–H and O–H groups in total. The van der Waals surface area contributed by atoms with Crippen molar-refractivity contribution in [2.75, 3.05) is 26.2 Å². The second-order valence-electron chi connectivity index (χ2n) is 5.94. The summed E-state index contributed by atoms with van der Waals surface area (Å²) in [5.41, 5.74) is 0.922. The highest BCUT2D eigenvalue weighted by molar-refractivity contribution is 14.1. The molecule has 5 heteroatoms. The average molecular weight is 425 g/mol. The molecule has 0 aromatic heterocycles. The number of nitrogens with one attached hydrogen (secondary N) is 1.